The molecule has 1 aromatic heterocycles. The molecule has 0 saturated carbocycles. The summed E-state index contributed by atoms with van der Waals surface area (Å²) in [7, 11) is 0. The van der Waals surface area contributed by atoms with Crippen LogP contribution in [0.3, 0.4) is 0 Å². The fourth-order valence-electron chi connectivity index (χ4n) is 1.81. The summed E-state index contributed by atoms with van der Waals surface area (Å²) >= 11 is 0. The molecule has 1 heterocycles. The highest BCUT2D eigenvalue weighted by atomic mass is 16.5. The second-order valence-electron chi connectivity index (χ2n) is 5.22. The van der Waals surface area contributed by atoms with Gasteiger partial charge in [0.05, 0.1) is 5.92 Å². The number of fused-ring (bicyclic) bond motifs is 1. The molecule has 1 N–H and O–H groups in total. The van der Waals surface area contributed by atoms with Crippen LogP contribution in [0.25, 0.3) is 11.0 Å². The number of ether oxygens (including phenoxy) is 1. The van der Waals surface area contributed by atoms with E-state index in [1.807, 2.05) is 0 Å². The predicted octanol–water partition coefficient (Wildman–Crippen LogP) is 2.27. The molecule has 6 heteroatoms. The molecule has 0 aliphatic rings. The summed E-state index contributed by atoms with van der Waals surface area (Å²) in [5.74, 6) is -0.903. The summed E-state index contributed by atoms with van der Waals surface area (Å²) in [5, 5.41) is 3.07. The number of rotatable bonds is 5. The molecule has 1 amide bonds. The highest BCUT2D eigenvalue weighted by Gasteiger charge is 2.14. The number of esters is 1. The zero-order chi connectivity index (χ0) is 17.0. The SMILES string of the molecule is C=CCNC(=O)c1cc2ccc(OC(=O)C(C)C)cc2oc1=O. The summed E-state index contributed by atoms with van der Waals surface area (Å²) in [6.07, 6.45) is 1.51. The van der Waals surface area contributed by atoms with Gasteiger partial charge in [-0.25, -0.2) is 4.79 Å². The summed E-state index contributed by atoms with van der Waals surface area (Å²) in [6.45, 7) is 7.18. The first-order chi connectivity index (χ1) is 10.9. The third-order valence-corrected chi connectivity index (χ3v) is 3.05. The highest BCUT2D eigenvalue weighted by molar-refractivity contribution is 5.96. The molecule has 120 valence electrons. The minimum Gasteiger partial charge on any atom is -0.426 e. The standard InChI is InChI=1S/C17H17NO5/c1-4-7-18-15(19)13-8-11-5-6-12(22-16(20)10(2)3)9-14(11)23-17(13)21/h4-6,8-10H,1,7H2,2-3H3,(H,18,19). The van der Waals surface area contributed by atoms with Crippen LogP contribution < -0.4 is 15.7 Å². The Balaban J connectivity index is 2.35. The van der Waals surface area contributed by atoms with Gasteiger partial charge < -0.3 is 14.5 Å². The Bertz CT molecular complexity index is 819. The Labute approximate surface area is 132 Å². The van der Waals surface area contributed by atoms with Gasteiger partial charge in [0.1, 0.15) is 16.9 Å². The van der Waals surface area contributed by atoms with Gasteiger partial charge in [0.2, 0.25) is 0 Å². The van der Waals surface area contributed by atoms with Crippen LogP contribution in [0.15, 0.2) is 46.1 Å². The van der Waals surface area contributed by atoms with Gasteiger partial charge in [-0.2, -0.15) is 0 Å². The first-order valence-corrected chi connectivity index (χ1v) is 7.11. The Morgan fingerprint density at radius 3 is 2.74 bits per heavy atom. The second kappa shape index (κ2) is 6.91. The van der Waals surface area contributed by atoms with Crippen molar-refractivity contribution >= 4 is 22.8 Å². The Morgan fingerprint density at radius 2 is 2.09 bits per heavy atom. The van der Waals surface area contributed by atoms with Crippen molar-refractivity contribution in [1.82, 2.24) is 5.32 Å². The molecular weight excluding hydrogens is 298 g/mol. The maximum Gasteiger partial charge on any atom is 0.349 e. The van der Waals surface area contributed by atoms with Gasteiger partial charge in [0.25, 0.3) is 5.91 Å². The van der Waals surface area contributed by atoms with E-state index in [0.29, 0.717) is 5.39 Å². The minimum atomic E-state index is -0.758. The van der Waals surface area contributed by atoms with Gasteiger partial charge in [-0.05, 0) is 18.2 Å². The summed E-state index contributed by atoms with van der Waals surface area (Å²) in [4.78, 5) is 35.4. The molecule has 0 saturated heterocycles. The van der Waals surface area contributed by atoms with Crippen molar-refractivity contribution in [3.63, 3.8) is 0 Å². The smallest absolute Gasteiger partial charge is 0.349 e. The molecule has 0 spiro atoms. The fraction of sp³-hybridized carbons (Fsp3) is 0.235. The lowest BCUT2D eigenvalue weighted by Gasteiger charge is -2.07. The topological polar surface area (TPSA) is 85.6 Å². The van der Waals surface area contributed by atoms with E-state index in [0.717, 1.165) is 0 Å². The number of amides is 1. The van der Waals surface area contributed by atoms with Gasteiger partial charge in [-0.15, -0.1) is 6.58 Å². The van der Waals surface area contributed by atoms with Crippen LogP contribution in [0.4, 0.5) is 0 Å². The minimum absolute atomic E-state index is 0.0914. The lowest BCUT2D eigenvalue weighted by Crippen LogP contribution is -2.28. The van der Waals surface area contributed by atoms with Gasteiger partial charge >= 0.3 is 11.6 Å². The summed E-state index contributed by atoms with van der Waals surface area (Å²) in [5.41, 5.74) is -0.609. The van der Waals surface area contributed by atoms with Crippen molar-refractivity contribution < 1.29 is 18.7 Å². The lowest BCUT2D eigenvalue weighted by atomic mass is 10.1. The van der Waals surface area contributed by atoms with Crippen molar-refractivity contribution in [2.24, 2.45) is 5.92 Å². The fourth-order valence-corrected chi connectivity index (χ4v) is 1.81. The number of hydrogen-bond donors (Lipinski definition) is 1. The van der Waals surface area contributed by atoms with Crippen molar-refractivity contribution in [2.75, 3.05) is 6.54 Å². The first-order valence-electron chi connectivity index (χ1n) is 7.11. The molecule has 0 fully saturated rings. The van der Waals surface area contributed by atoms with Crippen molar-refractivity contribution in [3.8, 4) is 5.75 Å². The van der Waals surface area contributed by atoms with Crippen LogP contribution in [0.2, 0.25) is 0 Å². The van der Waals surface area contributed by atoms with Gasteiger partial charge in [0, 0.05) is 18.0 Å². The van der Waals surface area contributed by atoms with Crippen molar-refractivity contribution in [1.29, 1.82) is 0 Å². The average molecular weight is 315 g/mol. The largest absolute Gasteiger partial charge is 0.426 e. The van der Waals surface area contributed by atoms with Gasteiger partial charge in [-0.1, -0.05) is 19.9 Å². The molecule has 0 bridgehead atoms. The van der Waals surface area contributed by atoms with Crippen LogP contribution in [-0.4, -0.2) is 18.4 Å². The predicted molar refractivity (Wildman–Crippen MR) is 85.5 cm³/mol. The molecule has 2 aromatic rings. The maximum atomic E-state index is 11.9. The van der Waals surface area contributed by atoms with E-state index < -0.39 is 11.5 Å². The number of benzene rings is 1. The molecule has 2 rings (SSSR count). The van der Waals surface area contributed by atoms with Gasteiger partial charge in [0.15, 0.2) is 0 Å². The summed E-state index contributed by atoms with van der Waals surface area (Å²) in [6, 6.07) is 6.08. The molecule has 0 radical (unpaired) electrons. The summed E-state index contributed by atoms with van der Waals surface area (Å²) < 4.78 is 10.3. The third kappa shape index (κ3) is 3.85. The number of nitrogens with one attached hydrogen (secondary N) is 1. The van der Waals surface area contributed by atoms with E-state index in [1.165, 1.54) is 18.2 Å². The van der Waals surface area contributed by atoms with E-state index in [9.17, 15) is 14.4 Å². The van der Waals surface area contributed by atoms with Crippen LogP contribution in [0, 0.1) is 5.92 Å². The van der Waals surface area contributed by atoms with Crippen LogP contribution in [0.1, 0.15) is 24.2 Å². The van der Waals surface area contributed by atoms with E-state index in [-0.39, 0.29) is 35.3 Å². The third-order valence-electron chi connectivity index (χ3n) is 3.05. The van der Waals surface area contributed by atoms with Gasteiger partial charge in [-0.3, -0.25) is 9.59 Å². The molecule has 0 atom stereocenters. The lowest BCUT2D eigenvalue weighted by molar-refractivity contribution is -0.137. The number of hydrogen-bond acceptors (Lipinski definition) is 5. The first kappa shape index (κ1) is 16.5. The quantitative estimate of drug-likeness (QED) is 0.396. The molecular formula is C17H17NO5. The molecule has 6 nitrogen and oxygen atoms in total. The Hall–Kier alpha value is -2.89. The molecule has 0 aliphatic heterocycles. The normalized spacial score (nSPS) is 10.6. The Morgan fingerprint density at radius 1 is 1.35 bits per heavy atom. The number of carbonyl (C=O) groups is 2. The zero-order valence-corrected chi connectivity index (χ0v) is 12.9. The molecule has 0 aliphatic carbocycles. The van der Waals surface area contributed by atoms with E-state index >= 15 is 0 Å². The highest BCUT2D eigenvalue weighted by Crippen LogP contribution is 2.21. The van der Waals surface area contributed by atoms with Crippen LogP contribution >= 0.6 is 0 Å². The van der Waals surface area contributed by atoms with Crippen molar-refractivity contribution in [2.45, 2.75) is 13.8 Å². The van der Waals surface area contributed by atoms with E-state index in [1.54, 1.807) is 26.0 Å². The van der Waals surface area contributed by atoms with Crippen LogP contribution in [0.5, 0.6) is 5.75 Å². The number of carbonyl (C=O) groups excluding carboxylic acids is 2. The van der Waals surface area contributed by atoms with E-state index in [2.05, 4.69) is 11.9 Å². The molecule has 0 unspecified atom stereocenters. The average Bonchev–Trinajstić information content (AvgIpc) is 2.51. The Kier molecular flexibility index (Phi) is 4.95. The maximum absolute atomic E-state index is 11.9. The zero-order valence-electron chi connectivity index (χ0n) is 12.9. The molecule has 23 heavy (non-hydrogen) atoms. The monoisotopic (exact) mass is 315 g/mol. The molecule has 1 aromatic carbocycles. The van der Waals surface area contributed by atoms with E-state index in [4.69, 9.17) is 9.15 Å². The second-order valence-corrected chi connectivity index (χ2v) is 5.22. The van der Waals surface area contributed by atoms with Crippen LogP contribution in [-0.2, 0) is 4.79 Å². The van der Waals surface area contributed by atoms with Crippen molar-refractivity contribution in [3.05, 3.63) is 52.9 Å².